The average Bonchev–Trinajstić information content (AvgIpc) is 3.41. The van der Waals surface area contributed by atoms with Crippen molar-refractivity contribution in [2.45, 2.75) is 6.54 Å². The van der Waals surface area contributed by atoms with Crippen LogP contribution in [0, 0.1) is 0 Å². The third-order valence-corrected chi connectivity index (χ3v) is 6.19. The van der Waals surface area contributed by atoms with Crippen LogP contribution in [0.2, 0.25) is 0 Å². The standard InChI is InChI=1S/C23H19N3O4S/c1-28-15-5-3-14(4-6-15)17-8-7-16-20(24)21(31-23(16)26-17)22(27)25-11-13-2-9-18-19(10-13)30-12-29-18/h2-10H,11-12,24H2,1H3,(H,25,27). The van der Waals surface area contributed by atoms with E-state index in [9.17, 15) is 4.79 Å². The molecule has 2 aromatic heterocycles. The van der Waals surface area contributed by atoms with Crippen LogP contribution in [0.4, 0.5) is 5.69 Å². The number of methoxy groups -OCH3 is 1. The lowest BCUT2D eigenvalue weighted by Gasteiger charge is -2.05. The smallest absolute Gasteiger partial charge is 0.263 e. The van der Waals surface area contributed by atoms with Crippen LogP contribution < -0.4 is 25.3 Å². The first-order chi connectivity index (χ1) is 15.1. The summed E-state index contributed by atoms with van der Waals surface area (Å²) in [4.78, 5) is 18.7. The molecule has 7 nitrogen and oxygen atoms in total. The number of nitrogen functional groups attached to an aromatic ring is 1. The largest absolute Gasteiger partial charge is 0.497 e. The zero-order valence-electron chi connectivity index (χ0n) is 16.7. The number of anilines is 1. The Morgan fingerprint density at radius 1 is 1.13 bits per heavy atom. The fourth-order valence-electron chi connectivity index (χ4n) is 3.40. The summed E-state index contributed by atoms with van der Waals surface area (Å²) < 4.78 is 15.9. The number of nitrogens with two attached hydrogens (primary N) is 1. The van der Waals surface area contributed by atoms with E-state index in [1.165, 1.54) is 11.3 Å². The number of carbonyl (C=O) groups is 1. The molecule has 0 saturated heterocycles. The molecule has 31 heavy (non-hydrogen) atoms. The maximum absolute atomic E-state index is 12.8. The van der Waals surface area contributed by atoms with Crippen LogP contribution in [0.25, 0.3) is 21.5 Å². The number of amides is 1. The molecule has 0 unspecified atom stereocenters. The average molecular weight is 433 g/mol. The van der Waals surface area contributed by atoms with Crippen molar-refractivity contribution in [1.29, 1.82) is 0 Å². The van der Waals surface area contributed by atoms with E-state index in [0.29, 0.717) is 28.6 Å². The molecule has 3 heterocycles. The zero-order valence-corrected chi connectivity index (χ0v) is 17.5. The minimum Gasteiger partial charge on any atom is -0.497 e. The molecule has 3 N–H and O–H groups in total. The fourth-order valence-corrected chi connectivity index (χ4v) is 4.41. The van der Waals surface area contributed by atoms with E-state index in [4.69, 9.17) is 24.9 Å². The Balaban J connectivity index is 1.36. The van der Waals surface area contributed by atoms with Crippen LogP contribution in [0.5, 0.6) is 17.2 Å². The Morgan fingerprint density at radius 3 is 2.74 bits per heavy atom. The van der Waals surface area contributed by atoms with E-state index in [1.807, 2.05) is 54.6 Å². The van der Waals surface area contributed by atoms with Crippen molar-refractivity contribution in [3.63, 3.8) is 0 Å². The number of fused-ring (bicyclic) bond motifs is 2. The summed E-state index contributed by atoms with van der Waals surface area (Å²) in [5.74, 6) is 1.95. The van der Waals surface area contributed by atoms with Gasteiger partial charge in [-0.15, -0.1) is 11.3 Å². The Bertz CT molecular complexity index is 1280. The van der Waals surface area contributed by atoms with Gasteiger partial charge in [-0.1, -0.05) is 6.07 Å². The second-order valence-corrected chi connectivity index (χ2v) is 7.99. The van der Waals surface area contributed by atoms with Crippen LogP contribution in [-0.4, -0.2) is 24.8 Å². The Kier molecular flexibility index (Phi) is 4.83. The third-order valence-electron chi connectivity index (χ3n) is 5.08. The monoisotopic (exact) mass is 433 g/mol. The lowest BCUT2D eigenvalue weighted by atomic mass is 10.1. The minimum atomic E-state index is -0.232. The maximum Gasteiger partial charge on any atom is 0.263 e. The van der Waals surface area contributed by atoms with Gasteiger partial charge in [-0.05, 0) is 54.1 Å². The molecule has 1 aliphatic rings. The van der Waals surface area contributed by atoms with Gasteiger partial charge in [0.1, 0.15) is 15.5 Å². The summed E-state index contributed by atoms with van der Waals surface area (Å²) in [7, 11) is 1.63. The summed E-state index contributed by atoms with van der Waals surface area (Å²) in [5, 5.41) is 3.69. The van der Waals surface area contributed by atoms with Gasteiger partial charge in [-0.2, -0.15) is 0 Å². The molecule has 0 atom stereocenters. The SMILES string of the molecule is COc1ccc(-c2ccc3c(N)c(C(=O)NCc4ccc5c(c4)OCO5)sc3n2)cc1. The van der Waals surface area contributed by atoms with Crippen LogP contribution in [-0.2, 0) is 6.54 Å². The number of nitrogens with zero attached hydrogens (tertiary/aromatic N) is 1. The number of pyridine rings is 1. The first-order valence-electron chi connectivity index (χ1n) is 9.62. The van der Waals surface area contributed by atoms with Crippen molar-refractivity contribution < 1.29 is 19.0 Å². The molecular weight excluding hydrogens is 414 g/mol. The summed E-state index contributed by atoms with van der Waals surface area (Å²) in [6.07, 6.45) is 0. The minimum absolute atomic E-state index is 0.217. The van der Waals surface area contributed by atoms with Gasteiger partial charge in [0.2, 0.25) is 6.79 Å². The van der Waals surface area contributed by atoms with Gasteiger partial charge in [0.25, 0.3) is 5.91 Å². The lowest BCUT2D eigenvalue weighted by molar-refractivity contribution is 0.0955. The van der Waals surface area contributed by atoms with Gasteiger partial charge in [0.15, 0.2) is 11.5 Å². The molecule has 0 radical (unpaired) electrons. The second kappa shape index (κ2) is 7.81. The summed E-state index contributed by atoms with van der Waals surface area (Å²) >= 11 is 1.29. The number of thiophene rings is 1. The molecule has 1 aliphatic heterocycles. The predicted octanol–water partition coefficient (Wildman–Crippen LogP) is 4.21. The van der Waals surface area contributed by atoms with E-state index in [0.717, 1.165) is 32.8 Å². The van der Waals surface area contributed by atoms with Crippen LogP contribution in [0.3, 0.4) is 0 Å². The summed E-state index contributed by atoms with van der Waals surface area (Å²) in [6.45, 7) is 0.572. The highest BCUT2D eigenvalue weighted by molar-refractivity contribution is 7.21. The van der Waals surface area contributed by atoms with Crippen molar-refractivity contribution in [1.82, 2.24) is 10.3 Å². The Morgan fingerprint density at radius 2 is 1.94 bits per heavy atom. The highest BCUT2D eigenvalue weighted by Crippen LogP contribution is 2.35. The van der Waals surface area contributed by atoms with Crippen LogP contribution in [0.15, 0.2) is 54.6 Å². The molecule has 0 bridgehead atoms. The molecule has 8 heteroatoms. The Labute approximate surface area is 182 Å². The molecule has 1 amide bonds. The van der Waals surface area contributed by atoms with E-state index in [-0.39, 0.29) is 12.7 Å². The number of aromatic nitrogens is 1. The highest BCUT2D eigenvalue weighted by atomic mass is 32.1. The van der Waals surface area contributed by atoms with Crippen molar-refractivity contribution >= 4 is 33.1 Å². The van der Waals surface area contributed by atoms with Crippen molar-refractivity contribution in [3.05, 3.63) is 65.0 Å². The normalized spacial score (nSPS) is 12.2. The van der Waals surface area contributed by atoms with Gasteiger partial charge >= 0.3 is 0 Å². The predicted molar refractivity (Wildman–Crippen MR) is 120 cm³/mol. The number of carbonyl (C=O) groups excluding carboxylic acids is 1. The molecule has 4 aromatic rings. The highest BCUT2D eigenvalue weighted by Gasteiger charge is 2.18. The topological polar surface area (TPSA) is 95.7 Å². The first kappa shape index (κ1) is 19.2. The van der Waals surface area contributed by atoms with E-state index in [1.54, 1.807) is 7.11 Å². The molecule has 0 spiro atoms. The molecule has 0 fully saturated rings. The number of hydrogen-bond donors (Lipinski definition) is 2. The second-order valence-electron chi connectivity index (χ2n) is 6.99. The summed E-state index contributed by atoms with van der Waals surface area (Å²) in [5.41, 5.74) is 9.39. The van der Waals surface area contributed by atoms with Gasteiger partial charge in [0, 0.05) is 17.5 Å². The third kappa shape index (κ3) is 3.62. The molecular formula is C23H19N3O4S. The quantitative estimate of drug-likeness (QED) is 0.489. The van der Waals surface area contributed by atoms with Gasteiger partial charge in [-0.25, -0.2) is 4.98 Å². The first-order valence-corrected chi connectivity index (χ1v) is 10.4. The van der Waals surface area contributed by atoms with Crippen LogP contribution >= 0.6 is 11.3 Å². The molecule has 0 saturated carbocycles. The molecule has 5 rings (SSSR count). The number of hydrogen-bond acceptors (Lipinski definition) is 7. The van der Waals surface area contributed by atoms with Gasteiger partial charge in [-0.3, -0.25) is 4.79 Å². The van der Waals surface area contributed by atoms with E-state index in [2.05, 4.69) is 5.32 Å². The Hall–Kier alpha value is -3.78. The molecule has 0 aliphatic carbocycles. The number of benzene rings is 2. The van der Waals surface area contributed by atoms with Crippen molar-refractivity contribution in [3.8, 4) is 28.5 Å². The number of ether oxygens (including phenoxy) is 3. The molecule has 2 aromatic carbocycles. The number of rotatable bonds is 5. The fraction of sp³-hybridized carbons (Fsp3) is 0.130. The van der Waals surface area contributed by atoms with Crippen molar-refractivity contribution in [2.75, 3.05) is 19.6 Å². The van der Waals surface area contributed by atoms with Gasteiger partial charge < -0.3 is 25.3 Å². The van der Waals surface area contributed by atoms with Gasteiger partial charge in [0.05, 0.1) is 18.5 Å². The van der Waals surface area contributed by atoms with Crippen LogP contribution in [0.1, 0.15) is 15.2 Å². The summed E-state index contributed by atoms with van der Waals surface area (Å²) in [6, 6.07) is 17.1. The van der Waals surface area contributed by atoms with Crippen molar-refractivity contribution in [2.24, 2.45) is 0 Å². The zero-order chi connectivity index (χ0) is 21.4. The maximum atomic E-state index is 12.8. The number of nitrogens with one attached hydrogen (secondary N) is 1. The van der Waals surface area contributed by atoms with E-state index >= 15 is 0 Å². The van der Waals surface area contributed by atoms with E-state index < -0.39 is 0 Å². The molecule has 156 valence electrons. The lowest BCUT2D eigenvalue weighted by Crippen LogP contribution is -2.22.